The number of rotatable bonds is 3. The second-order valence-electron chi connectivity index (χ2n) is 4.47. The molecule has 2 N–H and O–H groups in total. The molecule has 1 amide bonds. The van der Waals surface area contributed by atoms with Crippen molar-refractivity contribution in [1.29, 1.82) is 0 Å². The van der Waals surface area contributed by atoms with Gasteiger partial charge in [-0.15, -0.1) is 23.2 Å². The minimum Gasteiger partial charge on any atom is -0.478 e. The van der Waals surface area contributed by atoms with Crippen molar-refractivity contribution in [1.82, 2.24) is 0 Å². The molecule has 1 aliphatic carbocycles. The van der Waals surface area contributed by atoms with E-state index in [1.54, 1.807) is 13.0 Å². The van der Waals surface area contributed by atoms with Gasteiger partial charge in [0.15, 0.2) is 0 Å². The number of aromatic carboxylic acids is 1. The summed E-state index contributed by atoms with van der Waals surface area (Å²) in [6.45, 7) is 1.66. The van der Waals surface area contributed by atoms with Crippen LogP contribution in [0.3, 0.4) is 0 Å². The zero-order valence-corrected chi connectivity index (χ0v) is 12.1. The van der Waals surface area contributed by atoms with Crippen LogP contribution in [-0.2, 0) is 4.79 Å². The normalized spacial score (nSPS) is 19.9. The van der Waals surface area contributed by atoms with E-state index in [1.807, 2.05) is 0 Å². The number of amides is 1. The Morgan fingerprint density at radius 2 is 2.00 bits per heavy atom. The van der Waals surface area contributed by atoms with Gasteiger partial charge in [0.2, 0.25) is 5.91 Å². The minimum absolute atomic E-state index is 0.0595. The molecule has 0 radical (unpaired) electrons. The van der Waals surface area contributed by atoms with Gasteiger partial charge < -0.3 is 10.4 Å². The van der Waals surface area contributed by atoms with Gasteiger partial charge in [0, 0.05) is 5.69 Å². The Kier molecular flexibility index (Phi) is 3.69. The molecule has 1 aromatic carbocycles. The molecule has 1 aliphatic rings. The molecule has 0 aliphatic heterocycles. The van der Waals surface area contributed by atoms with E-state index in [0.29, 0.717) is 17.7 Å². The number of halogens is 3. The van der Waals surface area contributed by atoms with Crippen molar-refractivity contribution >= 4 is 52.4 Å². The van der Waals surface area contributed by atoms with Crippen molar-refractivity contribution in [2.24, 2.45) is 5.92 Å². The molecule has 0 aromatic heterocycles. The van der Waals surface area contributed by atoms with Crippen LogP contribution in [-0.4, -0.2) is 21.3 Å². The molecule has 1 aromatic rings. The van der Waals surface area contributed by atoms with Gasteiger partial charge in [-0.3, -0.25) is 4.79 Å². The Balaban J connectivity index is 2.22. The number of benzene rings is 1. The van der Waals surface area contributed by atoms with Crippen molar-refractivity contribution < 1.29 is 14.7 Å². The van der Waals surface area contributed by atoms with E-state index < -0.39 is 16.2 Å². The second kappa shape index (κ2) is 4.85. The molecule has 0 saturated heterocycles. The number of carbonyl (C=O) groups excluding carboxylic acids is 1. The number of nitrogens with one attached hydrogen (secondary N) is 1. The predicted molar refractivity (Wildman–Crippen MR) is 74.3 cm³/mol. The first-order chi connectivity index (χ1) is 8.72. The van der Waals surface area contributed by atoms with Crippen LogP contribution in [0.5, 0.6) is 0 Å². The van der Waals surface area contributed by atoms with Gasteiger partial charge >= 0.3 is 5.97 Å². The third-order valence-corrected chi connectivity index (χ3v) is 4.23. The van der Waals surface area contributed by atoms with Gasteiger partial charge in [-0.2, -0.15) is 0 Å². The number of alkyl halides is 2. The molecule has 1 fully saturated rings. The summed E-state index contributed by atoms with van der Waals surface area (Å²) in [5.74, 6) is -1.96. The summed E-state index contributed by atoms with van der Waals surface area (Å²) in [4.78, 5) is 22.8. The summed E-state index contributed by atoms with van der Waals surface area (Å²) < 4.78 is -1.01. The molecule has 1 unspecified atom stereocenters. The third kappa shape index (κ3) is 2.96. The summed E-state index contributed by atoms with van der Waals surface area (Å²) >= 11 is 17.5. The Morgan fingerprint density at radius 1 is 1.42 bits per heavy atom. The SMILES string of the molecule is Cc1cc(NC(=O)C2CC2(Cl)Cl)cc(C(=O)O)c1Cl. The highest BCUT2D eigenvalue weighted by molar-refractivity contribution is 6.52. The van der Waals surface area contributed by atoms with Crippen LogP contribution in [0.25, 0.3) is 0 Å². The molecule has 102 valence electrons. The first-order valence-corrected chi connectivity index (χ1v) is 6.58. The van der Waals surface area contributed by atoms with E-state index in [4.69, 9.17) is 39.9 Å². The Hall–Kier alpha value is -0.970. The van der Waals surface area contributed by atoms with E-state index in [-0.39, 0.29) is 16.5 Å². The van der Waals surface area contributed by atoms with Gasteiger partial charge in [-0.1, -0.05) is 11.6 Å². The lowest BCUT2D eigenvalue weighted by molar-refractivity contribution is -0.117. The van der Waals surface area contributed by atoms with Gasteiger partial charge in [0.25, 0.3) is 0 Å². The average molecular weight is 323 g/mol. The molecular formula is C12H10Cl3NO3. The number of anilines is 1. The van der Waals surface area contributed by atoms with Gasteiger partial charge in [0.1, 0.15) is 4.33 Å². The number of hydrogen-bond donors (Lipinski definition) is 2. The molecule has 2 rings (SSSR count). The molecule has 7 heteroatoms. The summed E-state index contributed by atoms with van der Waals surface area (Å²) in [6.07, 6.45) is 0.389. The lowest BCUT2D eigenvalue weighted by atomic mass is 10.1. The van der Waals surface area contributed by atoms with Crippen molar-refractivity contribution in [2.45, 2.75) is 17.7 Å². The molecule has 1 saturated carbocycles. The Morgan fingerprint density at radius 3 is 2.47 bits per heavy atom. The van der Waals surface area contributed by atoms with Crippen molar-refractivity contribution in [3.63, 3.8) is 0 Å². The molecule has 1 atom stereocenters. The molecule has 0 heterocycles. The fraction of sp³-hybridized carbons (Fsp3) is 0.333. The predicted octanol–water partition coefficient (Wildman–Crippen LogP) is 3.48. The van der Waals surface area contributed by atoms with Crippen LogP contribution in [0.15, 0.2) is 12.1 Å². The maximum atomic E-state index is 11.8. The first kappa shape index (κ1) is 14.4. The highest BCUT2D eigenvalue weighted by Gasteiger charge is 2.56. The van der Waals surface area contributed by atoms with Crippen LogP contribution in [0.2, 0.25) is 5.02 Å². The summed E-state index contributed by atoms with van der Waals surface area (Å²) in [5.41, 5.74) is 0.867. The minimum atomic E-state index is -1.15. The van der Waals surface area contributed by atoms with Gasteiger partial charge in [-0.05, 0) is 31.0 Å². The maximum absolute atomic E-state index is 11.8. The Bertz CT molecular complexity index is 572. The zero-order chi connectivity index (χ0) is 14.4. The van der Waals surface area contributed by atoms with Crippen LogP contribution < -0.4 is 5.32 Å². The van der Waals surface area contributed by atoms with E-state index in [2.05, 4.69) is 5.32 Å². The summed E-state index contributed by atoms with van der Waals surface area (Å²) in [5, 5.41) is 11.8. The number of carboxylic acids is 1. The molecule has 4 nitrogen and oxygen atoms in total. The van der Waals surface area contributed by atoms with Crippen molar-refractivity contribution in [3.8, 4) is 0 Å². The average Bonchev–Trinajstić information content (AvgIpc) is 2.92. The van der Waals surface area contributed by atoms with Crippen LogP contribution in [0, 0.1) is 12.8 Å². The monoisotopic (exact) mass is 321 g/mol. The highest BCUT2D eigenvalue weighted by atomic mass is 35.5. The van der Waals surface area contributed by atoms with E-state index in [0.717, 1.165) is 0 Å². The fourth-order valence-corrected chi connectivity index (χ4v) is 2.42. The second-order valence-corrected chi connectivity index (χ2v) is 6.39. The van der Waals surface area contributed by atoms with Gasteiger partial charge in [-0.25, -0.2) is 4.79 Å². The standard InChI is InChI=1S/C12H10Cl3NO3/c1-5-2-6(3-7(9(5)13)11(18)19)16-10(17)8-4-12(8,14)15/h2-3,8H,4H2,1H3,(H,16,17)(H,18,19). The van der Waals surface area contributed by atoms with Crippen LogP contribution in [0.4, 0.5) is 5.69 Å². The number of aryl methyl sites for hydroxylation is 1. The van der Waals surface area contributed by atoms with E-state index >= 15 is 0 Å². The van der Waals surface area contributed by atoms with E-state index in [9.17, 15) is 9.59 Å². The Labute approximate surface area is 124 Å². The lowest BCUT2D eigenvalue weighted by Gasteiger charge is -2.09. The molecule has 19 heavy (non-hydrogen) atoms. The quantitative estimate of drug-likeness (QED) is 0.837. The lowest BCUT2D eigenvalue weighted by Crippen LogP contribution is -2.17. The molecule has 0 bridgehead atoms. The van der Waals surface area contributed by atoms with Crippen molar-refractivity contribution in [2.75, 3.05) is 5.32 Å². The maximum Gasteiger partial charge on any atom is 0.337 e. The fourth-order valence-electron chi connectivity index (χ4n) is 1.72. The first-order valence-electron chi connectivity index (χ1n) is 5.44. The molecular weight excluding hydrogens is 312 g/mol. The van der Waals surface area contributed by atoms with E-state index in [1.165, 1.54) is 6.07 Å². The highest BCUT2D eigenvalue weighted by Crippen LogP contribution is 2.53. The third-order valence-electron chi connectivity index (χ3n) is 2.89. The van der Waals surface area contributed by atoms with Crippen molar-refractivity contribution in [3.05, 3.63) is 28.3 Å². The largest absolute Gasteiger partial charge is 0.478 e. The topological polar surface area (TPSA) is 66.4 Å². The number of carboxylic acid groups (broad SMARTS) is 1. The van der Waals surface area contributed by atoms with Crippen LogP contribution >= 0.6 is 34.8 Å². The zero-order valence-electron chi connectivity index (χ0n) is 9.84. The van der Waals surface area contributed by atoms with Gasteiger partial charge in [0.05, 0.1) is 16.5 Å². The summed E-state index contributed by atoms with van der Waals surface area (Å²) in [7, 11) is 0. The summed E-state index contributed by atoms with van der Waals surface area (Å²) in [6, 6.07) is 2.90. The molecule has 0 spiro atoms. The number of hydrogen-bond acceptors (Lipinski definition) is 2. The number of carbonyl (C=O) groups is 2. The van der Waals surface area contributed by atoms with Crippen LogP contribution in [0.1, 0.15) is 22.3 Å². The smallest absolute Gasteiger partial charge is 0.337 e.